The second kappa shape index (κ2) is 22.5. The summed E-state index contributed by atoms with van der Waals surface area (Å²) in [5, 5.41) is 10.1. The molecule has 2 aliphatic rings. The molecule has 0 N–H and O–H groups in total. The van der Waals surface area contributed by atoms with E-state index in [1.54, 1.807) is 0 Å². The molecule has 96 heavy (non-hydrogen) atoms. The molecule has 28 heteroatoms. The van der Waals surface area contributed by atoms with Crippen molar-refractivity contribution in [3.63, 3.8) is 0 Å². The van der Waals surface area contributed by atoms with Crippen LogP contribution in [0.5, 0.6) is 0 Å². The molecule has 12 rings (SSSR count). The molecule has 10 aromatic rings. The Kier molecular flexibility index (Phi) is 15.4. The molecule has 492 valence electrons. The van der Waals surface area contributed by atoms with Crippen molar-refractivity contribution in [1.82, 2.24) is 14.1 Å². The Balaban J connectivity index is 1.21. The summed E-state index contributed by atoms with van der Waals surface area (Å²) in [7, 11) is 0. The Morgan fingerprint density at radius 1 is 0.365 bits per heavy atom. The van der Waals surface area contributed by atoms with Crippen LogP contribution in [0, 0.1) is 11.3 Å². The molecule has 2 aliphatic carbocycles. The fourth-order valence-electron chi connectivity index (χ4n) is 12.1. The van der Waals surface area contributed by atoms with Gasteiger partial charge in [0.1, 0.15) is 5.82 Å². The van der Waals surface area contributed by atoms with Gasteiger partial charge in [0.15, 0.2) is 0 Å². The van der Waals surface area contributed by atoms with Crippen LogP contribution in [-0.4, -0.2) is 38.8 Å². The Morgan fingerprint density at radius 3 is 1.16 bits per heavy atom. The van der Waals surface area contributed by atoms with Gasteiger partial charge in [-0.15, -0.1) is 0 Å². The average molecular weight is 1360 g/mol. The van der Waals surface area contributed by atoms with E-state index in [4.69, 9.17) is 4.98 Å². The Morgan fingerprint density at radius 2 is 0.771 bits per heavy atom. The van der Waals surface area contributed by atoms with Crippen molar-refractivity contribution < 1.29 is 105 Å². The number of benzene rings is 7. The van der Waals surface area contributed by atoms with Crippen LogP contribution < -0.4 is 10.4 Å². The Bertz CT molecular complexity index is 4960. The van der Waals surface area contributed by atoms with Crippen molar-refractivity contribution in [3.8, 4) is 51.0 Å². The van der Waals surface area contributed by atoms with Crippen molar-refractivity contribution >= 4 is 54.8 Å². The summed E-state index contributed by atoms with van der Waals surface area (Å²) in [6.07, 6.45) is -43.2. The minimum absolute atomic E-state index is 0.0321. The monoisotopic (exact) mass is 1360 g/mol. The molecular formula is C68H32F24N4. The zero-order valence-electron chi connectivity index (χ0n) is 47.4. The van der Waals surface area contributed by atoms with E-state index in [1.165, 1.54) is 59.2 Å². The predicted molar refractivity (Wildman–Crippen MR) is 306 cm³/mol. The molecule has 0 saturated heterocycles. The van der Waals surface area contributed by atoms with E-state index in [-0.39, 0.29) is 101 Å². The van der Waals surface area contributed by atoms with Crippen molar-refractivity contribution in [3.05, 3.63) is 231 Å². The number of nitriles is 1. The lowest BCUT2D eigenvalue weighted by molar-refractivity contribution is -0.144. The molecule has 0 radical (unpaired) electrons. The van der Waals surface area contributed by atoms with Gasteiger partial charge >= 0.3 is 49.4 Å². The zero-order valence-corrected chi connectivity index (χ0v) is 47.4. The minimum atomic E-state index is -5.48. The first-order chi connectivity index (χ1) is 44.6. The maximum atomic E-state index is 14.9. The van der Waals surface area contributed by atoms with E-state index in [0.29, 0.717) is 36.4 Å². The topological polar surface area (TPSA) is 46.5 Å². The predicted octanol–water partition coefficient (Wildman–Crippen LogP) is 21.3. The highest BCUT2D eigenvalue weighted by molar-refractivity contribution is 6.13. The molecule has 0 saturated carbocycles. The second-order valence-electron chi connectivity index (χ2n) is 22.1. The Labute approximate surface area is 521 Å². The number of allylic oxidation sites excluding steroid dienone is 8. The lowest BCUT2D eigenvalue weighted by Crippen LogP contribution is -2.23. The molecule has 0 atom stereocenters. The normalized spacial score (nSPS) is 16.1. The van der Waals surface area contributed by atoms with Gasteiger partial charge in [0.25, 0.3) is 0 Å². The highest BCUT2D eigenvalue weighted by Crippen LogP contribution is 2.49. The van der Waals surface area contributed by atoms with Crippen LogP contribution in [0.25, 0.3) is 99.6 Å². The maximum Gasteiger partial charge on any atom is 0.417 e. The van der Waals surface area contributed by atoms with E-state index in [9.17, 15) is 111 Å². The molecule has 4 nitrogen and oxygen atoms in total. The minimum Gasteiger partial charge on any atom is -0.307 e. The number of hydrogen-bond donors (Lipinski definition) is 0. The Hall–Kier alpha value is -10.2. The molecule has 0 spiro atoms. The number of halogens is 24. The summed E-state index contributed by atoms with van der Waals surface area (Å²) < 4.78 is 350. The number of nitrogens with zero attached hydrogens (tertiary/aromatic N) is 4. The molecule has 0 amide bonds. The van der Waals surface area contributed by atoms with E-state index in [0.717, 1.165) is 59.3 Å². The highest BCUT2D eigenvalue weighted by atomic mass is 19.4. The first-order valence-electron chi connectivity index (χ1n) is 27.7. The van der Waals surface area contributed by atoms with Gasteiger partial charge in [-0.25, -0.2) is 4.98 Å². The lowest BCUT2D eigenvalue weighted by atomic mass is 9.91. The van der Waals surface area contributed by atoms with Gasteiger partial charge in [-0.3, -0.25) is 4.57 Å². The van der Waals surface area contributed by atoms with E-state index < -0.39 is 146 Å². The van der Waals surface area contributed by atoms with E-state index in [2.05, 4.69) is 0 Å². The third kappa shape index (κ3) is 11.9. The summed E-state index contributed by atoms with van der Waals surface area (Å²) in [5.41, 5.74) is -19.3. The van der Waals surface area contributed by atoms with E-state index >= 15 is 0 Å². The van der Waals surface area contributed by atoms with Crippen LogP contribution in [0.4, 0.5) is 105 Å². The third-order valence-corrected chi connectivity index (χ3v) is 16.4. The largest absolute Gasteiger partial charge is 0.417 e. The first kappa shape index (κ1) is 65.8. The highest BCUT2D eigenvalue weighted by Gasteiger charge is 2.45. The summed E-state index contributed by atoms with van der Waals surface area (Å²) >= 11 is 0. The summed E-state index contributed by atoms with van der Waals surface area (Å²) in [4.78, 5) is 4.70. The van der Waals surface area contributed by atoms with Crippen LogP contribution in [-0.2, 0) is 24.7 Å². The number of rotatable bonds is 5. The van der Waals surface area contributed by atoms with Gasteiger partial charge < -0.3 is 4.57 Å². The number of alkyl halides is 24. The third-order valence-electron chi connectivity index (χ3n) is 16.4. The summed E-state index contributed by atoms with van der Waals surface area (Å²) in [6.45, 7) is 0. The number of hydrogen-bond acceptors (Lipinski definition) is 2. The summed E-state index contributed by atoms with van der Waals surface area (Å²) in [6, 6.07) is 23.4. The van der Waals surface area contributed by atoms with Crippen molar-refractivity contribution in [2.75, 3.05) is 0 Å². The fourth-order valence-corrected chi connectivity index (χ4v) is 12.1. The van der Waals surface area contributed by atoms with Gasteiger partial charge in [-0.2, -0.15) is 111 Å². The average Bonchev–Trinajstić information content (AvgIpc) is 1.56. The van der Waals surface area contributed by atoms with Gasteiger partial charge in [-0.1, -0.05) is 91.0 Å². The smallest absolute Gasteiger partial charge is 0.307 e. The molecule has 0 aliphatic heterocycles. The molecule has 3 heterocycles. The zero-order chi connectivity index (χ0) is 69.5. The van der Waals surface area contributed by atoms with Crippen molar-refractivity contribution in [2.45, 2.75) is 62.3 Å². The SMILES string of the molecule is N#Cc1ccccc1-c1cc(-n2c3cc(=C4CC=C(C(F)(F)F)C=C4C(F)(F)F)ccc3c3ccc(=C4CC=C(C(F)(F)F)C=C4C(F)(F)F)cc32)ncc1-n1c2cc(-c3ccc(C(F)(F)F)cc3C(F)(F)F)ccc2c2ccc(-c3ccc(C(F)(F)F)cc3C(F)(F)F)cc21. The quantitative estimate of drug-likeness (QED) is 0.161. The van der Waals surface area contributed by atoms with E-state index in [1.807, 2.05) is 6.07 Å². The van der Waals surface area contributed by atoms with Gasteiger partial charge in [0.05, 0.1) is 90.1 Å². The standard InChI is InChI=1S/C68H32F24N4/c69-61(70,71)37-9-17-42(51(25-37)65(81,82)83)32-5-13-46-47-14-6-33(43-18-10-38(62(72,73)74)26-52(43)66(84,85)86)22-56(47)95(55(46)21-32)59-31-94-60(29-50(59)41-4-2-1-3-36(41)30-93)96-57-23-34(44-19-11-39(63(75,76)77)27-53(44)67(87,88)89)7-15-48(57)49-16-8-35(24-58(49)96)45-20-12-40(64(78,79)80)28-54(45)68(90,91)92/h1-18,21-29,31H,19-20H2. The fraction of sp³-hybridized carbons (Fsp3) is 0.147. The van der Waals surface area contributed by atoms with Crippen LogP contribution in [0.3, 0.4) is 0 Å². The van der Waals surface area contributed by atoms with Crippen LogP contribution in [0.15, 0.2) is 192 Å². The molecule has 3 aromatic heterocycles. The molecule has 0 unspecified atom stereocenters. The van der Waals surface area contributed by atoms with Crippen LogP contribution in [0.2, 0.25) is 0 Å². The number of pyridine rings is 1. The van der Waals surface area contributed by atoms with Gasteiger partial charge in [0.2, 0.25) is 0 Å². The van der Waals surface area contributed by atoms with Gasteiger partial charge in [-0.05, 0) is 129 Å². The number of aromatic nitrogens is 3. The lowest BCUT2D eigenvalue weighted by Gasteiger charge is -2.21. The van der Waals surface area contributed by atoms with Crippen molar-refractivity contribution in [1.29, 1.82) is 5.26 Å². The first-order valence-corrected chi connectivity index (χ1v) is 27.7. The maximum absolute atomic E-state index is 14.9. The molecule has 0 bridgehead atoms. The molecule has 7 aromatic carbocycles. The second-order valence-corrected chi connectivity index (χ2v) is 22.1. The van der Waals surface area contributed by atoms with Crippen LogP contribution >= 0.6 is 0 Å². The van der Waals surface area contributed by atoms with Crippen LogP contribution in [0.1, 0.15) is 40.7 Å². The molecular weight excluding hydrogens is 1330 g/mol. The van der Waals surface area contributed by atoms with Crippen molar-refractivity contribution in [2.24, 2.45) is 0 Å². The number of fused-ring (bicyclic) bond motifs is 6. The summed E-state index contributed by atoms with van der Waals surface area (Å²) in [5.74, 6) is -0.393. The van der Waals surface area contributed by atoms with Gasteiger partial charge in [0, 0.05) is 32.7 Å². The molecule has 0 fully saturated rings.